The minimum atomic E-state index is -0.239. The lowest BCUT2D eigenvalue weighted by atomic mass is 10.0. The van der Waals surface area contributed by atoms with E-state index in [4.69, 9.17) is 5.73 Å². The third kappa shape index (κ3) is 2.68. The Morgan fingerprint density at radius 3 is 2.47 bits per heavy atom. The maximum Gasteiger partial charge on any atom is 0.126 e. The van der Waals surface area contributed by atoms with Crippen molar-refractivity contribution >= 4 is 0 Å². The molecular weight excluding hydrogens is 241 g/mol. The zero-order valence-electron chi connectivity index (χ0n) is 11.8. The van der Waals surface area contributed by atoms with Gasteiger partial charge < -0.3 is 5.73 Å². The van der Waals surface area contributed by atoms with Gasteiger partial charge in [-0.25, -0.2) is 9.07 Å². The van der Waals surface area contributed by atoms with Gasteiger partial charge in [-0.15, -0.1) is 0 Å². The fourth-order valence-corrected chi connectivity index (χ4v) is 2.02. The monoisotopic (exact) mass is 261 g/mol. The van der Waals surface area contributed by atoms with Crippen LogP contribution < -0.4 is 5.73 Å². The molecule has 0 saturated heterocycles. The maximum absolute atomic E-state index is 13.7. The van der Waals surface area contributed by atoms with Gasteiger partial charge in [-0.1, -0.05) is 13.8 Å². The SMILES string of the molecule is Cc1cc(-n2ccc(C(C)C)n2)c([C@@H](C)N)cc1F. The highest BCUT2D eigenvalue weighted by Gasteiger charge is 2.14. The topological polar surface area (TPSA) is 43.8 Å². The average Bonchev–Trinajstić information content (AvgIpc) is 2.81. The number of rotatable bonds is 3. The van der Waals surface area contributed by atoms with E-state index in [1.54, 1.807) is 17.7 Å². The Labute approximate surface area is 113 Å². The first-order valence-electron chi connectivity index (χ1n) is 6.51. The second kappa shape index (κ2) is 5.13. The second-order valence-electron chi connectivity index (χ2n) is 5.29. The first-order chi connectivity index (χ1) is 8.90. The summed E-state index contributed by atoms with van der Waals surface area (Å²) in [6.07, 6.45) is 1.90. The molecule has 0 fully saturated rings. The van der Waals surface area contributed by atoms with Crippen molar-refractivity contribution in [2.24, 2.45) is 5.73 Å². The Bertz CT molecular complexity index is 585. The molecule has 0 aliphatic heterocycles. The smallest absolute Gasteiger partial charge is 0.126 e. The van der Waals surface area contributed by atoms with Crippen molar-refractivity contribution in [3.63, 3.8) is 0 Å². The van der Waals surface area contributed by atoms with Crippen LogP contribution in [0.5, 0.6) is 0 Å². The second-order valence-corrected chi connectivity index (χ2v) is 5.29. The van der Waals surface area contributed by atoms with Crippen LogP contribution in [0.2, 0.25) is 0 Å². The van der Waals surface area contributed by atoms with Crippen molar-refractivity contribution in [1.82, 2.24) is 9.78 Å². The molecule has 102 valence electrons. The van der Waals surface area contributed by atoms with Gasteiger partial charge in [0, 0.05) is 12.2 Å². The van der Waals surface area contributed by atoms with Crippen LogP contribution in [0.3, 0.4) is 0 Å². The molecule has 4 heteroatoms. The van der Waals surface area contributed by atoms with E-state index in [1.807, 2.05) is 19.2 Å². The normalized spacial score (nSPS) is 13.0. The van der Waals surface area contributed by atoms with Crippen LogP contribution >= 0.6 is 0 Å². The molecule has 19 heavy (non-hydrogen) atoms. The van der Waals surface area contributed by atoms with Crippen molar-refractivity contribution in [1.29, 1.82) is 0 Å². The summed E-state index contributed by atoms with van der Waals surface area (Å²) in [6, 6.07) is 5.04. The maximum atomic E-state index is 13.7. The van der Waals surface area contributed by atoms with E-state index in [1.165, 1.54) is 6.07 Å². The zero-order valence-corrected chi connectivity index (χ0v) is 11.8. The van der Waals surface area contributed by atoms with E-state index in [2.05, 4.69) is 18.9 Å². The van der Waals surface area contributed by atoms with Crippen molar-refractivity contribution in [3.05, 3.63) is 47.0 Å². The minimum Gasteiger partial charge on any atom is -0.324 e. The van der Waals surface area contributed by atoms with Gasteiger partial charge in [0.2, 0.25) is 0 Å². The Morgan fingerprint density at radius 2 is 1.95 bits per heavy atom. The van der Waals surface area contributed by atoms with Crippen molar-refractivity contribution in [3.8, 4) is 5.69 Å². The first kappa shape index (κ1) is 13.7. The summed E-state index contributed by atoms with van der Waals surface area (Å²) in [7, 11) is 0. The number of benzene rings is 1. The Hall–Kier alpha value is -1.68. The molecule has 0 unspecified atom stereocenters. The van der Waals surface area contributed by atoms with Crippen molar-refractivity contribution < 1.29 is 4.39 Å². The third-order valence-electron chi connectivity index (χ3n) is 3.25. The van der Waals surface area contributed by atoms with E-state index in [9.17, 15) is 4.39 Å². The molecule has 0 saturated carbocycles. The van der Waals surface area contributed by atoms with Crippen LogP contribution in [0.25, 0.3) is 5.69 Å². The lowest BCUT2D eigenvalue weighted by Crippen LogP contribution is -2.11. The van der Waals surface area contributed by atoms with Gasteiger partial charge in [0.05, 0.1) is 11.4 Å². The molecule has 1 heterocycles. The molecule has 0 amide bonds. The van der Waals surface area contributed by atoms with E-state index in [0.717, 1.165) is 16.9 Å². The predicted molar refractivity (Wildman–Crippen MR) is 75.0 cm³/mol. The highest BCUT2D eigenvalue weighted by molar-refractivity contribution is 5.45. The quantitative estimate of drug-likeness (QED) is 0.919. The van der Waals surface area contributed by atoms with Crippen molar-refractivity contribution in [2.45, 2.75) is 39.7 Å². The highest BCUT2D eigenvalue weighted by Crippen LogP contribution is 2.24. The molecule has 1 atom stereocenters. The van der Waals surface area contributed by atoms with Gasteiger partial charge in [0.15, 0.2) is 0 Å². The molecule has 2 aromatic rings. The number of aromatic nitrogens is 2. The predicted octanol–water partition coefficient (Wildman–Crippen LogP) is 3.46. The molecule has 3 nitrogen and oxygen atoms in total. The summed E-state index contributed by atoms with van der Waals surface area (Å²) >= 11 is 0. The van der Waals surface area contributed by atoms with Crippen LogP contribution in [0.15, 0.2) is 24.4 Å². The molecular formula is C15H20FN3. The summed E-state index contributed by atoms with van der Waals surface area (Å²) in [4.78, 5) is 0. The number of nitrogens with zero attached hydrogens (tertiary/aromatic N) is 2. The number of halogens is 1. The minimum absolute atomic E-state index is 0.229. The van der Waals surface area contributed by atoms with E-state index in [0.29, 0.717) is 11.5 Å². The highest BCUT2D eigenvalue weighted by atomic mass is 19.1. The molecule has 0 aliphatic carbocycles. The summed E-state index contributed by atoms with van der Waals surface area (Å²) in [6.45, 7) is 7.78. The Balaban J connectivity index is 2.56. The molecule has 0 spiro atoms. The van der Waals surface area contributed by atoms with Crippen molar-refractivity contribution in [2.75, 3.05) is 0 Å². The standard InChI is InChI=1S/C15H20FN3/c1-9(2)14-5-6-19(18-14)15-7-10(3)13(16)8-12(15)11(4)17/h5-9,11H,17H2,1-4H3/t11-/m1/s1. The number of hydrogen-bond acceptors (Lipinski definition) is 2. The summed E-state index contributed by atoms with van der Waals surface area (Å²) < 4.78 is 15.5. The number of nitrogens with two attached hydrogens (primary N) is 1. The lowest BCUT2D eigenvalue weighted by Gasteiger charge is -2.14. The average molecular weight is 261 g/mol. The number of hydrogen-bond donors (Lipinski definition) is 1. The first-order valence-corrected chi connectivity index (χ1v) is 6.51. The van der Waals surface area contributed by atoms with Crippen LogP contribution in [-0.4, -0.2) is 9.78 Å². The van der Waals surface area contributed by atoms with Gasteiger partial charge in [-0.3, -0.25) is 0 Å². The summed E-state index contributed by atoms with van der Waals surface area (Å²) in [5.74, 6) is 0.133. The molecule has 0 aliphatic rings. The molecule has 2 N–H and O–H groups in total. The van der Waals surface area contributed by atoms with Gasteiger partial charge in [-0.2, -0.15) is 5.10 Å². The Kier molecular flexibility index (Phi) is 3.71. The largest absolute Gasteiger partial charge is 0.324 e. The molecule has 2 rings (SSSR count). The van der Waals surface area contributed by atoms with E-state index >= 15 is 0 Å². The van der Waals surface area contributed by atoms with E-state index in [-0.39, 0.29) is 11.9 Å². The molecule has 0 bridgehead atoms. The zero-order chi connectivity index (χ0) is 14.2. The Morgan fingerprint density at radius 1 is 1.26 bits per heavy atom. The molecule has 1 aromatic carbocycles. The van der Waals surface area contributed by atoms with Crippen LogP contribution in [0.1, 0.15) is 49.6 Å². The van der Waals surface area contributed by atoms with Crippen LogP contribution in [0.4, 0.5) is 4.39 Å². The van der Waals surface area contributed by atoms with E-state index < -0.39 is 0 Å². The van der Waals surface area contributed by atoms with Gasteiger partial charge in [0.25, 0.3) is 0 Å². The van der Waals surface area contributed by atoms with Gasteiger partial charge in [-0.05, 0) is 49.1 Å². The van der Waals surface area contributed by atoms with Gasteiger partial charge >= 0.3 is 0 Å². The molecule has 1 aromatic heterocycles. The third-order valence-corrected chi connectivity index (χ3v) is 3.25. The number of aryl methyl sites for hydroxylation is 1. The van der Waals surface area contributed by atoms with Gasteiger partial charge in [0.1, 0.15) is 5.82 Å². The summed E-state index contributed by atoms with van der Waals surface area (Å²) in [5, 5.41) is 4.53. The fourth-order valence-electron chi connectivity index (χ4n) is 2.02. The lowest BCUT2D eigenvalue weighted by molar-refractivity contribution is 0.610. The molecule has 0 radical (unpaired) electrons. The van der Waals surface area contributed by atoms with Crippen LogP contribution in [-0.2, 0) is 0 Å². The summed E-state index contributed by atoms with van der Waals surface area (Å²) in [5.41, 5.74) is 9.15. The van der Waals surface area contributed by atoms with Crippen LogP contribution in [0, 0.1) is 12.7 Å². The fraction of sp³-hybridized carbons (Fsp3) is 0.400.